The normalized spacial score (nSPS) is 19.2. The second kappa shape index (κ2) is 9.49. The molecule has 37 heavy (non-hydrogen) atoms. The first-order valence-corrected chi connectivity index (χ1v) is 12.6. The zero-order chi connectivity index (χ0) is 26.6. The van der Waals surface area contributed by atoms with E-state index in [9.17, 15) is 19.2 Å². The minimum Gasteiger partial charge on any atom is -0.326 e. The molecule has 1 heterocycles. The molecular formula is C25H14Cl5N3O4. The zero-order valence-corrected chi connectivity index (χ0v) is 22.2. The van der Waals surface area contributed by atoms with E-state index in [1.165, 1.54) is 36.4 Å². The van der Waals surface area contributed by atoms with Gasteiger partial charge in [0.2, 0.25) is 5.91 Å². The molecule has 1 saturated carbocycles. The molecule has 188 valence electrons. The number of rotatable bonds is 5. The van der Waals surface area contributed by atoms with Crippen LogP contribution in [0.15, 0.2) is 54.6 Å². The third kappa shape index (κ3) is 4.90. The number of benzene rings is 3. The Labute approximate surface area is 235 Å². The Morgan fingerprint density at radius 3 is 2.11 bits per heavy atom. The fourth-order valence-electron chi connectivity index (χ4n) is 4.26. The van der Waals surface area contributed by atoms with Crippen LogP contribution in [0.5, 0.6) is 0 Å². The van der Waals surface area contributed by atoms with Crippen molar-refractivity contribution in [2.24, 2.45) is 5.92 Å². The molecule has 3 N–H and O–H groups in total. The Morgan fingerprint density at radius 1 is 0.784 bits per heavy atom. The van der Waals surface area contributed by atoms with Crippen molar-refractivity contribution in [1.29, 1.82) is 0 Å². The molecular weight excluding hydrogens is 584 g/mol. The number of alkyl halides is 2. The summed E-state index contributed by atoms with van der Waals surface area (Å²) in [5, 5.41) is 8.45. The third-order valence-electron chi connectivity index (χ3n) is 6.05. The summed E-state index contributed by atoms with van der Waals surface area (Å²) in [5.74, 6) is -3.43. The number of carbonyl (C=O) groups excluding carboxylic acids is 4. The van der Waals surface area contributed by atoms with E-state index < -0.39 is 39.8 Å². The molecule has 5 rings (SSSR count). The lowest BCUT2D eigenvalue weighted by atomic mass is 10.1. The van der Waals surface area contributed by atoms with Crippen molar-refractivity contribution < 1.29 is 19.2 Å². The largest absolute Gasteiger partial charge is 0.326 e. The van der Waals surface area contributed by atoms with E-state index in [2.05, 4.69) is 16.0 Å². The van der Waals surface area contributed by atoms with Gasteiger partial charge in [0.05, 0.1) is 27.6 Å². The highest BCUT2D eigenvalue weighted by atomic mass is 35.5. The molecule has 0 unspecified atom stereocenters. The van der Waals surface area contributed by atoms with Crippen LogP contribution in [0.4, 0.5) is 11.4 Å². The van der Waals surface area contributed by atoms with Gasteiger partial charge in [0, 0.05) is 27.3 Å². The van der Waals surface area contributed by atoms with E-state index in [-0.39, 0.29) is 33.1 Å². The Kier molecular flexibility index (Phi) is 6.63. The molecule has 0 bridgehead atoms. The molecule has 0 aromatic heterocycles. The van der Waals surface area contributed by atoms with Crippen LogP contribution in [0, 0.1) is 5.92 Å². The highest BCUT2D eigenvalue weighted by Gasteiger charge is 2.67. The van der Waals surface area contributed by atoms with Gasteiger partial charge in [-0.2, -0.15) is 0 Å². The summed E-state index contributed by atoms with van der Waals surface area (Å²) in [5.41, 5.74) is 1.65. The summed E-state index contributed by atoms with van der Waals surface area (Å²) in [6.45, 7) is 0. The first kappa shape index (κ1) is 25.8. The monoisotopic (exact) mass is 595 g/mol. The summed E-state index contributed by atoms with van der Waals surface area (Å²) in [4.78, 5) is 49.6. The van der Waals surface area contributed by atoms with Crippen LogP contribution in [-0.2, 0) is 4.79 Å². The number of amides is 4. The average Bonchev–Trinajstić information content (AvgIpc) is 3.29. The Morgan fingerprint density at radius 2 is 1.41 bits per heavy atom. The second-order valence-electron chi connectivity index (χ2n) is 8.51. The average molecular weight is 598 g/mol. The van der Waals surface area contributed by atoms with Crippen molar-refractivity contribution in [3.63, 3.8) is 0 Å². The van der Waals surface area contributed by atoms with Crippen molar-refractivity contribution in [3.8, 4) is 0 Å². The standard InChI is InChI=1S/C25H14Cl5N3O4/c26-11-5-10(6-12(27)7-11)19-20(25(19,29)30)24(37)32-14-2-4-18(28)17(9-14)23(36)31-13-1-3-15-16(8-13)22(35)33-21(15)34/h1-9,19-20H,(H,31,36)(H,32,37)(H,33,34,35)/t19-,20+/m0/s1. The summed E-state index contributed by atoms with van der Waals surface area (Å²) in [7, 11) is 0. The third-order valence-corrected chi connectivity index (χ3v) is 7.76. The Balaban J connectivity index is 1.32. The van der Waals surface area contributed by atoms with E-state index >= 15 is 0 Å². The van der Waals surface area contributed by atoms with Crippen LogP contribution in [-0.4, -0.2) is 28.0 Å². The van der Waals surface area contributed by atoms with Crippen molar-refractivity contribution in [2.45, 2.75) is 10.3 Å². The van der Waals surface area contributed by atoms with Crippen LogP contribution in [0.1, 0.15) is 42.6 Å². The predicted octanol–water partition coefficient (Wildman–Crippen LogP) is 6.31. The fraction of sp³-hybridized carbons (Fsp3) is 0.120. The number of imide groups is 1. The first-order valence-electron chi connectivity index (χ1n) is 10.7. The lowest BCUT2D eigenvalue weighted by molar-refractivity contribution is -0.117. The lowest BCUT2D eigenvalue weighted by Crippen LogP contribution is -2.19. The Bertz CT molecular complexity index is 1500. The molecule has 3 aromatic rings. The van der Waals surface area contributed by atoms with Crippen LogP contribution < -0.4 is 16.0 Å². The predicted molar refractivity (Wildman–Crippen MR) is 143 cm³/mol. The topological polar surface area (TPSA) is 104 Å². The molecule has 7 nitrogen and oxygen atoms in total. The molecule has 1 fully saturated rings. The number of halogens is 5. The van der Waals surface area contributed by atoms with Crippen LogP contribution in [0.2, 0.25) is 15.1 Å². The summed E-state index contributed by atoms with van der Waals surface area (Å²) < 4.78 is -1.37. The van der Waals surface area contributed by atoms with Crippen LogP contribution >= 0.6 is 58.0 Å². The van der Waals surface area contributed by atoms with E-state index in [0.29, 0.717) is 15.6 Å². The molecule has 3 aromatic carbocycles. The maximum Gasteiger partial charge on any atom is 0.259 e. The fourth-order valence-corrected chi connectivity index (χ4v) is 5.84. The van der Waals surface area contributed by atoms with Gasteiger partial charge in [0.1, 0.15) is 4.33 Å². The van der Waals surface area contributed by atoms with Gasteiger partial charge >= 0.3 is 0 Å². The smallest absolute Gasteiger partial charge is 0.259 e. The summed E-state index contributed by atoms with van der Waals surface area (Å²) >= 11 is 31.2. The van der Waals surface area contributed by atoms with Crippen molar-refractivity contribution >= 4 is 93.0 Å². The zero-order valence-electron chi connectivity index (χ0n) is 18.4. The van der Waals surface area contributed by atoms with E-state index in [1.807, 2.05) is 0 Å². The number of nitrogens with one attached hydrogen (secondary N) is 3. The van der Waals surface area contributed by atoms with Gasteiger partial charge in [-0.25, -0.2) is 0 Å². The highest BCUT2D eigenvalue weighted by molar-refractivity contribution is 6.53. The number of fused-ring (bicyclic) bond motifs is 1. The summed E-state index contributed by atoms with van der Waals surface area (Å²) in [6.07, 6.45) is 0. The van der Waals surface area contributed by atoms with Crippen LogP contribution in [0.3, 0.4) is 0 Å². The molecule has 0 spiro atoms. The molecule has 0 radical (unpaired) electrons. The molecule has 2 aliphatic rings. The van der Waals surface area contributed by atoms with Gasteiger partial charge in [-0.1, -0.05) is 34.8 Å². The van der Waals surface area contributed by atoms with Gasteiger partial charge in [-0.05, 0) is 60.2 Å². The minimum atomic E-state index is -1.37. The number of carbonyl (C=O) groups is 4. The van der Waals surface area contributed by atoms with Crippen LogP contribution in [0.25, 0.3) is 0 Å². The molecule has 1 aliphatic carbocycles. The van der Waals surface area contributed by atoms with E-state index in [4.69, 9.17) is 58.0 Å². The van der Waals surface area contributed by atoms with Gasteiger partial charge < -0.3 is 10.6 Å². The summed E-state index contributed by atoms with van der Waals surface area (Å²) in [6, 6.07) is 13.6. The maximum atomic E-state index is 13.0. The number of hydrogen-bond donors (Lipinski definition) is 3. The lowest BCUT2D eigenvalue weighted by Gasteiger charge is -2.11. The van der Waals surface area contributed by atoms with Crippen molar-refractivity contribution in [3.05, 3.63) is 91.9 Å². The van der Waals surface area contributed by atoms with Crippen molar-refractivity contribution in [2.75, 3.05) is 10.6 Å². The second-order valence-corrected chi connectivity index (χ2v) is 11.2. The molecule has 4 amide bonds. The molecule has 12 heteroatoms. The van der Waals surface area contributed by atoms with E-state index in [1.54, 1.807) is 18.2 Å². The first-order chi connectivity index (χ1) is 17.5. The van der Waals surface area contributed by atoms with Crippen molar-refractivity contribution in [1.82, 2.24) is 5.32 Å². The Hall–Kier alpha value is -2.81. The van der Waals surface area contributed by atoms with E-state index in [0.717, 1.165) is 0 Å². The van der Waals surface area contributed by atoms with Gasteiger partial charge in [-0.3, -0.25) is 24.5 Å². The molecule has 2 atom stereocenters. The number of hydrogen-bond acceptors (Lipinski definition) is 4. The minimum absolute atomic E-state index is 0.0671. The highest BCUT2D eigenvalue weighted by Crippen LogP contribution is 2.65. The quantitative estimate of drug-likeness (QED) is 0.237. The van der Waals surface area contributed by atoms with Gasteiger partial charge in [0.25, 0.3) is 17.7 Å². The number of anilines is 2. The molecule has 0 saturated heterocycles. The molecule has 1 aliphatic heterocycles. The maximum absolute atomic E-state index is 13.0. The van der Waals surface area contributed by atoms with Gasteiger partial charge in [-0.15, -0.1) is 23.2 Å². The van der Waals surface area contributed by atoms with Gasteiger partial charge in [0.15, 0.2) is 0 Å². The SMILES string of the molecule is O=C(Nc1ccc2c(c1)C(=O)NC2=O)c1cc(NC(=O)[C@H]2[C@H](c3cc(Cl)cc(Cl)c3)C2(Cl)Cl)ccc1Cl.